The van der Waals surface area contributed by atoms with E-state index in [1.165, 1.54) is 12.1 Å². The van der Waals surface area contributed by atoms with E-state index in [0.717, 1.165) is 60.8 Å². The van der Waals surface area contributed by atoms with Crippen molar-refractivity contribution in [3.05, 3.63) is 70.7 Å². The summed E-state index contributed by atoms with van der Waals surface area (Å²) in [7, 11) is 2.08. The number of hydrogen-bond acceptors (Lipinski definition) is 7. The van der Waals surface area contributed by atoms with E-state index in [-0.39, 0.29) is 11.7 Å². The third-order valence-corrected chi connectivity index (χ3v) is 6.04. The zero-order valence-corrected chi connectivity index (χ0v) is 18.4. The average Bonchev–Trinajstić information content (AvgIpc) is 2.82. The fraction of sp³-hybridized carbons (Fsp3) is 0.320. The van der Waals surface area contributed by atoms with E-state index in [1.807, 2.05) is 24.3 Å². The van der Waals surface area contributed by atoms with Crippen molar-refractivity contribution in [2.24, 2.45) is 0 Å². The third-order valence-electron chi connectivity index (χ3n) is 6.04. The first-order valence-corrected chi connectivity index (χ1v) is 11.1. The first-order valence-electron chi connectivity index (χ1n) is 11.1. The van der Waals surface area contributed by atoms with Gasteiger partial charge in [-0.2, -0.15) is 10.2 Å². The highest BCUT2D eigenvalue weighted by Gasteiger charge is 2.30. The lowest BCUT2D eigenvalue weighted by atomic mass is 9.89. The first-order chi connectivity index (χ1) is 16.1. The molecule has 3 aromatic rings. The molecule has 2 aromatic carbocycles. The standard InChI is InChI=1S/C25H25FN6O/c1-32-14-20(16-4-7-18(26)8-5-16)23-21(15-32)24-28-10-2-3-11-33-22-12-19(9-6-17(22)13-27)29-25(30-23)31-24/h4-9,12,20H,2-3,10-11,14-15H2,1H3,(H2,28,29,30,31). The smallest absolute Gasteiger partial charge is 0.229 e. The molecule has 0 saturated heterocycles. The van der Waals surface area contributed by atoms with Gasteiger partial charge in [-0.25, -0.2) is 9.37 Å². The van der Waals surface area contributed by atoms with Crippen LogP contribution in [-0.4, -0.2) is 41.6 Å². The third kappa shape index (κ3) is 4.45. The molecule has 0 saturated carbocycles. The van der Waals surface area contributed by atoms with Crippen LogP contribution in [0.2, 0.25) is 0 Å². The molecular weight excluding hydrogens is 419 g/mol. The lowest BCUT2D eigenvalue weighted by molar-refractivity contribution is 0.291. The molecule has 1 aromatic heterocycles. The Hall–Kier alpha value is -3.70. The van der Waals surface area contributed by atoms with Crippen LogP contribution >= 0.6 is 0 Å². The maximum Gasteiger partial charge on any atom is 0.229 e. The second-order valence-electron chi connectivity index (χ2n) is 8.49. The molecule has 1 unspecified atom stereocenters. The van der Waals surface area contributed by atoms with Crippen LogP contribution in [0.1, 0.15) is 41.1 Å². The molecule has 4 bridgehead atoms. The van der Waals surface area contributed by atoms with E-state index in [4.69, 9.17) is 14.7 Å². The Morgan fingerprint density at radius 1 is 1.15 bits per heavy atom. The van der Waals surface area contributed by atoms with Crippen LogP contribution in [-0.2, 0) is 6.54 Å². The average molecular weight is 445 g/mol. The van der Waals surface area contributed by atoms with Crippen LogP contribution in [0, 0.1) is 17.1 Å². The Labute approximate surface area is 192 Å². The maximum absolute atomic E-state index is 13.6. The van der Waals surface area contributed by atoms with Crippen molar-refractivity contribution in [2.45, 2.75) is 25.3 Å². The number of ether oxygens (including phenoxy) is 1. The zero-order valence-electron chi connectivity index (χ0n) is 18.4. The van der Waals surface area contributed by atoms with Crippen LogP contribution in [0.25, 0.3) is 0 Å². The molecule has 5 rings (SSSR count). The van der Waals surface area contributed by atoms with E-state index in [1.54, 1.807) is 6.07 Å². The summed E-state index contributed by atoms with van der Waals surface area (Å²) in [5, 5.41) is 16.2. The van der Waals surface area contributed by atoms with Crippen LogP contribution in [0.3, 0.4) is 0 Å². The summed E-state index contributed by atoms with van der Waals surface area (Å²) < 4.78 is 19.4. The molecule has 0 aliphatic carbocycles. The largest absolute Gasteiger partial charge is 0.492 e. The van der Waals surface area contributed by atoms with Gasteiger partial charge >= 0.3 is 0 Å². The molecule has 168 valence electrons. The summed E-state index contributed by atoms with van der Waals surface area (Å²) >= 11 is 0. The Kier molecular flexibility index (Phi) is 5.80. The highest BCUT2D eigenvalue weighted by atomic mass is 19.1. The number of fused-ring (bicyclic) bond motifs is 6. The van der Waals surface area contributed by atoms with Crippen LogP contribution in [0.4, 0.5) is 21.8 Å². The fourth-order valence-electron chi connectivity index (χ4n) is 4.40. The second-order valence-corrected chi connectivity index (χ2v) is 8.49. The van der Waals surface area contributed by atoms with E-state index in [2.05, 4.69) is 28.7 Å². The van der Waals surface area contributed by atoms with E-state index >= 15 is 0 Å². The zero-order chi connectivity index (χ0) is 22.8. The number of nitrogens with one attached hydrogen (secondary N) is 2. The minimum Gasteiger partial charge on any atom is -0.492 e. The van der Waals surface area contributed by atoms with E-state index < -0.39 is 0 Å². The second kappa shape index (κ2) is 9.04. The van der Waals surface area contributed by atoms with Crippen LogP contribution in [0.5, 0.6) is 5.75 Å². The number of benzene rings is 2. The van der Waals surface area contributed by atoms with Crippen molar-refractivity contribution in [3.63, 3.8) is 0 Å². The molecule has 1 atom stereocenters. The summed E-state index contributed by atoms with van der Waals surface area (Å²) in [5.41, 5.74) is 4.28. The Morgan fingerprint density at radius 3 is 2.82 bits per heavy atom. The summed E-state index contributed by atoms with van der Waals surface area (Å²) in [6.45, 7) is 2.81. The number of anilines is 3. The van der Waals surface area contributed by atoms with Crippen molar-refractivity contribution in [1.82, 2.24) is 14.9 Å². The monoisotopic (exact) mass is 444 g/mol. The number of hydrogen-bond donors (Lipinski definition) is 2. The number of aromatic nitrogens is 2. The lowest BCUT2D eigenvalue weighted by Crippen LogP contribution is -2.33. The van der Waals surface area contributed by atoms with E-state index in [9.17, 15) is 9.65 Å². The van der Waals surface area contributed by atoms with Gasteiger partial charge in [0.2, 0.25) is 5.95 Å². The quantitative estimate of drug-likeness (QED) is 0.576. The van der Waals surface area contributed by atoms with Gasteiger partial charge in [0.15, 0.2) is 0 Å². The molecule has 2 aliphatic heterocycles. The molecule has 2 N–H and O–H groups in total. The maximum atomic E-state index is 13.6. The van der Waals surface area contributed by atoms with Gasteiger partial charge in [-0.1, -0.05) is 12.1 Å². The summed E-state index contributed by atoms with van der Waals surface area (Å²) in [6.07, 6.45) is 1.76. The molecule has 0 spiro atoms. The molecule has 0 fully saturated rings. The number of rotatable bonds is 1. The number of nitriles is 1. The van der Waals surface area contributed by atoms with Crippen molar-refractivity contribution in [2.75, 3.05) is 37.4 Å². The minimum absolute atomic E-state index is 0.000933. The number of nitrogens with zero attached hydrogens (tertiary/aromatic N) is 4. The Balaban J connectivity index is 1.60. The first kappa shape index (κ1) is 21.2. The molecule has 3 heterocycles. The number of likely N-dealkylation sites (N-methyl/N-ethyl adjacent to an activating group) is 1. The van der Waals surface area contributed by atoms with Crippen LogP contribution < -0.4 is 15.4 Å². The van der Waals surface area contributed by atoms with Crippen molar-refractivity contribution < 1.29 is 9.13 Å². The predicted octanol–water partition coefficient (Wildman–Crippen LogP) is 4.39. The highest BCUT2D eigenvalue weighted by Crippen LogP contribution is 2.36. The van der Waals surface area contributed by atoms with Crippen molar-refractivity contribution in [1.29, 1.82) is 5.26 Å². The van der Waals surface area contributed by atoms with Crippen LogP contribution in [0.15, 0.2) is 42.5 Å². The summed E-state index contributed by atoms with van der Waals surface area (Å²) in [4.78, 5) is 12.0. The summed E-state index contributed by atoms with van der Waals surface area (Å²) in [6, 6.07) is 14.2. The van der Waals surface area contributed by atoms with Gasteiger partial charge in [0.05, 0.1) is 17.9 Å². The highest BCUT2D eigenvalue weighted by molar-refractivity contribution is 5.63. The fourth-order valence-corrected chi connectivity index (χ4v) is 4.40. The Morgan fingerprint density at radius 2 is 2.00 bits per heavy atom. The van der Waals surface area contributed by atoms with Gasteiger partial charge in [-0.15, -0.1) is 0 Å². The van der Waals surface area contributed by atoms with E-state index in [0.29, 0.717) is 23.9 Å². The molecule has 7 nitrogen and oxygen atoms in total. The molecule has 0 amide bonds. The minimum atomic E-state index is -0.250. The van der Waals surface area contributed by atoms with Gasteiger partial charge in [0.1, 0.15) is 23.5 Å². The van der Waals surface area contributed by atoms with Gasteiger partial charge in [-0.3, -0.25) is 0 Å². The molecule has 8 heteroatoms. The topological polar surface area (TPSA) is 86.1 Å². The molecule has 0 radical (unpaired) electrons. The van der Waals surface area contributed by atoms with Gasteiger partial charge < -0.3 is 20.3 Å². The predicted molar refractivity (Wildman–Crippen MR) is 124 cm³/mol. The van der Waals surface area contributed by atoms with Crippen molar-refractivity contribution >= 4 is 17.5 Å². The van der Waals surface area contributed by atoms with Gasteiger partial charge in [0, 0.05) is 42.9 Å². The normalized spacial score (nSPS) is 18.2. The number of halogens is 1. The van der Waals surface area contributed by atoms with Gasteiger partial charge in [-0.05, 0) is 49.7 Å². The SMILES string of the molecule is CN1Cc2c3nc(nc2C(c2ccc(F)cc2)C1)Nc1ccc(C#N)c(c1)OCCCCN3. The lowest BCUT2D eigenvalue weighted by Gasteiger charge is -2.33. The molecule has 33 heavy (non-hydrogen) atoms. The van der Waals surface area contributed by atoms with Gasteiger partial charge in [0.25, 0.3) is 0 Å². The Bertz CT molecular complexity index is 1210. The van der Waals surface area contributed by atoms with Crippen molar-refractivity contribution in [3.8, 4) is 11.8 Å². The summed E-state index contributed by atoms with van der Waals surface area (Å²) in [5.74, 6) is 1.59. The molecule has 2 aliphatic rings. The molecular formula is C25H25FN6O.